The lowest BCUT2D eigenvalue weighted by Crippen LogP contribution is -2.09. The Morgan fingerprint density at radius 3 is 2.35 bits per heavy atom. The number of hydrogen-bond donors (Lipinski definition) is 2. The van der Waals surface area contributed by atoms with Gasteiger partial charge in [-0.3, -0.25) is 0 Å². The van der Waals surface area contributed by atoms with E-state index in [0.29, 0.717) is 5.95 Å². The molecular weight excluding hydrogens is 324 g/mol. The third kappa shape index (κ3) is 5.21. The molecule has 0 amide bonds. The molecule has 0 bridgehead atoms. The summed E-state index contributed by atoms with van der Waals surface area (Å²) in [6.07, 6.45) is 2.66. The molecule has 3 rings (SSSR count). The maximum Gasteiger partial charge on any atom is 0.224 e. The van der Waals surface area contributed by atoms with E-state index in [4.69, 9.17) is 4.74 Å². The molecule has 0 aliphatic carbocycles. The van der Waals surface area contributed by atoms with Crippen LogP contribution in [0.1, 0.15) is 16.7 Å². The summed E-state index contributed by atoms with van der Waals surface area (Å²) in [7, 11) is 1.67. The second-order valence-corrected chi connectivity index (χ2v) is 6.13. The first kappa shape index (κ1) is 17.7. The largest absolute Gasteiger partial charge is 0.497 e. The summed E-state index contributed by atoms with van der Waals surface area (Å²) in [4.78, 5) is 8.79. The lowest BCUT2D eigenvalue weighted by atomic mass is 10.1. The van der Waals surface area contributed by atoms with Crippen LogP contribution in [0, 0.1) is 6.92 Å². The van der Waals surface area contributed by atoms with Crippen molar-refractivity contribution in [2.24, 2.45) is 0 Å². The number of nitrogens with one attached hydrogen (secondary N) is 2. The molecule has 0 atom stereocenters. The van der Waals surface area contributed by atoms with Gasteiger partial charge in [-0.2, -0.15) is 4.98 Å². The van der Waals surface area contributed by atoms with Gasteiger partial charge in [0.05, 0.1) is 7.11 Å². The van der Waals surface area contributed by atoms with Gasteiger partial charge in [-0.25, -0.2) is 4.98 Å². The lowest BCUT2D eigenvalue weighted by Gasteiger charge is -2.09. The van der Waals surface area contributed by atoms with Crippen LogP contribution in [0.3, 0.4) is 0 Å². The van der Waals surface area contributed by atoms with Gasteiger partial charge in [-0.05, 0) is 42.7 Å². The second-order valence-electron chi connectivity index (χ2n) is 6.13. The molecule has 2 N–H and O–H groups in total. The topological polar surface area (TPSA) is 59.1 Å². The third-order valence-corrected chi connectivity index (χ3v) is 4.11. The summed E-state index contributed by atoms with van der Waals surface area (Å²) in [5.41, 5.74) is 3.73. The van der Waals surface area contributed by atoms with E-state index in [1.807, 2.05) is 18.2 Å². The first-order chi connectivity index (χ1) is 12.7. The van der Waals surface area contributed by atoms with Gasteiger partial charge in [0.1, 0.15) is 11.6 Å². The summed E-state index contributed by atoms with van der Waals surface area (Å²) in [6, 6.07) is 18.4. The van der Waals surface area contributed by atoms with E-state index < -0.39 is 0 Å². The van der Waals surface area contributed by atoms with Crippen molar-refractivity contribution in [1.29, 1.82) is 0 Å². The van der Waals surface area contributed by atoms with Crippen molar-refractivity contribution in [2.75, 3.05) is 24.3 Å². The number of hydrogen-bond acceptors (Lipinski definition) is 5. The fourth-order valence-corrected chi connectivity index (χ4v) is 2.55. The van der Waals surface area contributed by atoms with Crippen LogP contribution in [0.25, 0.3) is 0 Å². The molecule has 0 spiro atoms. The molecule has 1 heterocycles. The van der Waals surface area contributed by atoms with Crippen LogP contribution >= 0.6 is 0 Å². The number of methoxy groups -OCH3 is 1. The molecule has 26 heavy (non-hydrogen) atoms. The summed E-state index contributed by atoms with van der Waals surface area (Å²) in [5, 5.41) is 6.61. The predicted molar refractivity (Wildman–Crippen MR) is 106 cm³/mol. The predicted octanol–water partition coefficient (Wildman–Crippen LogP) is 4.06. The zero-order valence-electron chi connectivity index (χ0n) is 15.2. The van der Waals surface area contributed by atoms with Gasteiger partial charge in [0, 0.05) is 19.3 Å². The molecule has 3 aromatic rings. The fourth-order valence-electron chi connectivity index (χ4n) is 2.55. The Morgan fingerprint density at radius 1 is 0.885 bits per heavy atom. The summed E-state index contributed by atoms with van der Waals surface area (Å²) in [5.74, 6) is 2.32. The molecule has 0 aliphatic heterocycles. The van der Waals surface area contributed by atoms with Gasteiger partial charge in [0.2, 0.25) is 5.95 Å². The molecule has 0 fully saturated rings. The minimum Gasteiger partial charge on any atom is -0.497 e. The summed E-state index contributed by atoms with van der Waals surface area (Å²) < 4.78 is 5.17. The van der Waals surface area contributed by atoms with E-state index in [9.17, 15) is 0 Å². The van der Waals surface area contributed by atoms with Crippen LogP contribution in [0.2, 0.25) is 0 Å². The first-order valence-electron chi connectivity index (χ1n) is 8.72. The maximum absolute atomic E-state index is 5.17. The van der Waals surface area contributed by atoms with Crippen molar-refractivity contribution in [3.63, 3.8) is 0 Å². The highest BCUT2D eigenvalue weighted by Gasteiger charge is 2.00. The minimum absolute atomic E-state index is 0.632. The average molecular weight is 348 g/mol. The Bertz CT molecular complexity index is 816. The quantitative estimate of drug-likeness (QED) is 0.643. The maximum atomic E-state index is 5.17. The average Bonchev–Trinajstić information content (AvgIpc) is 2.68. The van der Waals surface area contributed by atoms with E-state index in [1.165, 1.54) is 16.7 Å². The Balaban J connectivity index is 1.49. The second kappa shape index (κ2) is 8.85. The zero-order valence-corrected chi connectivity index (χ0v) is 15.2. The van der Waals surface area contributed by atoms with Crippen LogP contribution in [-0.4, -0.2) is 23.6 Å². The normalized spacial score (nSPS) is 10.4. The molecule has 5 heteroatoms. The molecule has 0 radical (unpaired) electrons. The molecule has 0 saturated carbocycles. The van der Waals surface area contributed by atoms with Crippen molar-refractivity contribution in [3.8, 4) is 5.75 Å². The number of aromatic nitrogens is 2. The standard InChI is InChI=1S/C21H24N4O/c1-16-3-5-18(6-4-16)15-24-20-12-14-23-21(25-20)22-13-11-17-7-9-19(26-2)10-8-17/h3-10,12,14H,11,13,15H2,1-2H3,(H2,22,23,24,25). The Kier molecular flexibility index (Phi) is 6.04. The Hall–Kier alpha value is -3.08. The lowest BCUT2D eigenvalue weighted by molar-refractivity contribution is 0.414. The minimum atomic E-state index is 0.632. The first-order valence-corrected chi connectivity index (χ1v) is 8.72. The van der Waals surface area contributed by atoms with Gasteiger partial charge in [0.15, 0.2) is 0 Å². The van der Waals surface area contributed by atoms with E-state index in [-0.39, 0.29) is 0 Å². The number of rotatable bonds is 8. The molecular formula is C21H24N4O. The highest BCUT2D eigenvalue weighted by atomic mass is 16.5. The van der Waals surface area contributed by atoms with E-state index in [1.54, 1.807) is 13.3 Å². The van der Waals surface area contributed by atoms with Gasteiger partial charge in [-0.15, -0.1) is 0 Å². The molecule has 0 saturated heterocycles. The molecule has 0 unspecified atom stereocenters. The molecule has 0 aliphatic rings. The van der Waals surface area contributed by atoms with Crippen molar-refractivity contribution in [3.05, 3.63) is 77.5 Å². The molecule has 2 aromatic carbocycles. The Morgan fingerprint density at radius 2 is 1.62 bits per heavy atom. The van der Waals surface area contributed by atoms with E-state index in [0.717, 1.165) is 31.1 Å². The van der Waals surface area contributed by atoms with Crippen molar-refractivity contribution < 1.29 is 4.74 Å². The van der Waals surface area contributed by atoms with Crippen molar-refractivity contribution in [2.45, 2.75) is 19.9 Å². The zero-order chi connectivity index (χ0) is 18.2. The van der Waals surface area contributed by atoms with Crippen LogP contribution in [-0.2, 0) is 13.0 Å². The van der Waals surface area contributed by atoms with E-state index in [2.05, 4.69) is 63.9 Å². The van der Waals surface area contributed by atoms with Gasteiger partial charge >= 0.3 is 0 Å². The number of ether oxygens (including phenoxy) is 1. The number of aryl methyl sites for hydroxylation is 1. The molecule has 1 aromatic heterocycles. The highest BCUT2D eigenvalue weighted by molar-refractivity contribution is 5.40. The van der Waals surface area contributed by atoms with Crippen LogP contribution in [0.15, 0.2) is 60.8 Å². The van der Waals surface area contributed by atoms with Crippen molar-refractivity contribution in [1.82, 2.24) is 9.97 Å². The smallest absolute Gasteiger partial charge is 0.224 e. The molecule has 5 nitrogen and oxygen atoms in total. The van der Waals surface area contributed by atoms with Gasteiger partial charge in [0.25, 0.3) is 0 Å². The van der Waals surface area contributed by atoms with Crippen LogP contribution in [0.5, 0.6) is 5.75 Å². The van der Waals surface area contributed by atoms with Crippen LogP contribution in [0.4, 0.5) is 11.8 Å². The molecule has 134 valence electrons. The van der Waals surface area contributed by atoms with Crippen LogP contribution < -0.4 is 15.4 Å². The monoisotopic (exact) mass is 348 g/mol. The number of benzene rings is 2. The van der Waals surface area contributed by atoms with Crippen molar-refractivity contribution >= 4 is 11.8 Å². The SMILES string of the molecule is COc1ccc(CCNc2nccc(NCc3ccc(C)cc3)n2)cc1. The van der Waals surface area contributed by atoms with Gasteiger partial charge < -0.3 is 15.4 Å². The third-order valence-electron chi connectivity index (χ3n) is 4.11. The number of nitrogens with zero attached hydrogens (tertiary/aromatic N) is 2. The highest BCUT2D eigenvalue weighted by Crippen LogP contribution is 2.12. The number of anilines is 2. The summed E-state index contributed by atoms with van der Waals surface area (Å²) in [6.45, 7) is 3.60. The summed E-state index contributed by atoms with van der Waals surface area (Å²) >= 11 is 0. The van der Waals surface area contributed by atoms with Gasteiger partial charge in [-0.1, -0.05) is 42.0 Å². The Labute approximate surface area is 154 Å². The van der Waals surface area contributed by atoms with E-state index >= 15 is 0 Å². The fraction of sp³-hybridized carbons (Fsp3) is 0.238.